The van der Waals surface area contributed by atoms with Crippen molar-refractivity contribution in [2.75, 3.05) is 32.8 Å². The average Bonchev–Trinajstić information content (AvgIpc) is 2.99. The predicted octanol–water partition coefficient (Wildman–Crippen LogP) is 1.10. The van der Waals surface area contributed by atoms with Gasteiger partial charge < -0.3 is 19.5 Å². The van der Waals surface area contributed by atoms with Crippen molar-refractivity contribution in [3.05, 3.63) is 18.2 Å². The number of nitrogens with zero attached hydrogens (tertiary/aromatic N) is 3. The molecule has 1 N–H and O–H groups in total. The number of rotatable bonds is 4. The van der Waals surface area contributed by atoms with Crippen molar-refractivity contribution in [2.45, 2.75) is 31.7 Å². The lowest BCUT2D eigenvalue weighted by atomic mass is 9.94. The third-order valence-electron chi connectivity index (χ3n) is 4.83. The first-order valence-corrected chi connectivity index (χ1v) is 8.31. The number of hydrogen-bond donors (Lipinski definition) is 1. The Morgan fingerprint density at radius 2 is 2.27 bits per heavy atom. The standard InChI is InChI=1S/C16H26N4O2/c1-19-8-7-18-16(19)14-12-17-6-9-20(14)15(21)3-2-13-4-10-22-11-5-13/h7-8,13-14,17H,2-6,9-12H2,1H3. The summed E-state index contributed by atoms with van der Waals surface area (Å²) < 4.78 is 7.40. The molecule has 6 heteroatoms. The van der Waals surface area contributed by atoms with Crippen LogP contribution in [0, 0.1) is 5.92 Å². The molecule has 2 aliphatic rings. The average molecular weight is 306 g/mol. The first kappa shape index (κ1) is 15.5. The van der Waals surface area contributed by atoms with Crippen LogP contribution in [0.4, 0.5) is 0 Å². The molecule has 2 aliphatic heterocycles. The molecule has 1 unspecified atom stereocenters. The van der Waals surface area contributed by atoms with E-state index in [-0.39, 0.29) is 11.9 Å². The Balaban J connectivity index is 1.60. The van der Waals surface area contributed by atoms with Gasteiger partial charge in [-0.3, -0.25) is 4.79 Å². The predicted molar refractivity (Wildman–Crippen MR) is 83.3 cm³/mol. The maximum Gasteiger partial charge on any atom is 0.223 e. The molecule has 0 aromatic carbocycles. The normalized spacial score (nSPS) is 23.7. The number of carbonyl (C=O) groups is 1. The molecular formula is C16H26N4O2. The number of ether oxygens (including phenoxy) is 1. The Labute approximate surface area is 131 Å². The molecule has 1 aromatic rings. The molecule has 0 radical (unpaired) electrons. The van der Waals surface area contributed by atoms with Crippen molar-refractivity contribution in [2.24, 2.45) is 13.0 Å². The summed E-state index contributed by atoms with van der Waals surface area (Å²) in [6, 6.07) is 0.0518. The van der Waals surface area contributed by atoms with Gasteiger partial charge in [-0.2, -0.15) is 0 Å². The number of aryl methyl sites for hydroxylation is 1. The van der Waals surface area contributed by atoms with Crippen LogP contribution in [0.5, 0.6) is 0 Å². The maximum absolute atomic E-state index is 12.7. The SMILES string of the molecule is Cn1ccnc1C1CNCCN1C(=O)CCC1CCOCC1. The summed E-state index contributed by atoms with van der Waals surface area (Å²) in [5, 5.41) is 3.38. The molecule has 3 heterocycles. The van der Waals surface area contributed by atoms with Crippen LogP contribution >= 0.6 is 0 Å². The van der Waals surface area contributed by atoms with E-state index in [0.29, 0.717) is 12.3 Å². The Morgan fingerprint density at radius 3 is 3.00 bits per heavy atom. The number of piperazine rings is 1. The van der Waals surface area contributed by atoms with Crippen molar-refractivity contribution in [3.8, 4) is 0 Å². The van der Waals surface area contributed by atoms with Crippen molar-refractivity contribution >= 4 is 5.91 Å². The number of nitrogens with one attached hydrogen (secondary N) is 1. The van der Waals surface area contributed by atoms with E-state index in [4.69, 9.17) is 4.74 Å². The lowest BCUT2D eigenvalue weighted by Crippen LogP contribution is -2.49. The molecule has 1 atom stereocenters. The molecule has 22 heavy (non-hydrogen) atoms. The second kappa shape index (κ2) is 7.24. The third-order valence-corrected chi connectivity index (χ3v) is 4.83. The quantitative estimate of drug-likeness (QED) is 0.905. The monoisotopic (exact) mass is 306 g/mol. The summed E-state index contributed by atoms with van der Waals surface area (Å²) in [5.41, 5.74) is 0. The molecular weight excluding hydrogens is 280 g/mol. The zero-order chi connectivity index (χ0) is 15.4. The lowest BCUT2D eigenvalue weighted by molar-refractivity contribution is -0.135. The van der Waals surface area contributed by atoms with Crippen molar-refractivity contribution in [1.82, 2.24) is 19.8 Å². The lowest BCUT2D eigenvalue weighted by Gasteiger charge is -2.36. The highest BCUT2D eigenvalue weighted by Gasteiger charge is 2.30. The first-order valence-electron chi connectivity index (χ1n) is 8.31. The van der Waals surface area contributed by atoms with E-state index in [0.717, 1.165) is 57.9 Å². The Morgan fingerprint density at radius 1 is 1.45 bits per heavy atom. The maximum atomic E-state index is 12.7. The summed E-state index contributed by atoms with van der Waals surface area (Å²) in [7, 11) is 1.99. The van der Waals surface area contributed by atoms with Crippen LogP contribution in [0.1, 0.15) is 37.5 Å². The van der Waals surface area contributed by atoms with Gasteiger partial charge in [0.25, 0.3) is 0 Å². The van der Waals surface area contributed by atoms with E-state index in [2.05, 4.69) is 10.3 Å². The minimum atomic E-state index is 0.0518. The number of imidazole rings is 1. The summed E-state index contributed by atoms with van der Waals surface area (Å²) in [5.74, 6) is 1.87. The number of hydrogen-bond acceptors (Lipinski definition) is 4. The van der Waals surface area contributed by atoms with Crippen LogP contribution in [0.2, 0.25) is 0 Å². The zero-order valence-electron chi connectivity index (χ0n) is 13.3. The minimum Gasteiger partial charge on any atom is -0.381 e. The van der Waals surface area contributed by atoms with Crippen molar-refractivity contribution < 1.29 is 9.53 Å². The molecule has 1 aromatic heterocycles. The topological polar surface area (TPSA) is 59.4 Å². The van der Waals surface area contributed by atoms with E-state index in [1.807, 2.05) is 22.7 Å². The van der Waals surface area contributed by atoms with E-state index in [1.54, 1.807) is 6.20 Å². The summed E-state index contributed by atoms with van der Waals surface area (Å²) in [4.78, 5) is 19.1. The highest BCUT2D eigenvalue weighted by molar-refractivity contribution is 5.76. The second-order valence-electron chi connectivity index (χ2n) is 6.30. The molecule has 2 fully saturated rings. The Hall–Kier alpha value is -1.40. The van der Waals surface area contributed by atoms with Crippen LogP contribution in [-0.2, 0) is 16.6 Å². The van der Waals surface area contributed by atoms with Gasteiger partial charge >= 0.3 is 0 Å². The number of amides is 1. The van der Waals surface area contributed by atoms with Crippen LogP contribution < -0.4 is 5.32 Å². The minimum absolute atomic E-state index is 0.0518. The highest BCUT2D eigenvalue weighted by Crippen LogP contribution is 2.24. The number of aromatic nitrogens is 2. The molecule has 1 amide bonds. The van der Waals surface area contributed by atoms with Gasteiger partial charge in [0.05, 0.1) is 0 Å². The summed E-state index contributed by atoms with van der Waals surface area (Å²) in [6.45, 7) is 4.12. The van der Waals surface area contributed by atoms with Gasteiger partial charge in [0.1, 0.15) is 11.9 Å². The van der Waals surface area contributed by atoms with Gasteiger partial charge in [-0.25, -0.2) is 4.98 Å². The third kappa shape index (κ3) is 3.50. The van der Waals surface area contributed by atoms with Gasteiger partial charge in [0.2, 0.25) is 5.91 Å². The van der Waals surface area contributed by atoms with E-state index >= 15 is 0 Å². The Kier molecular flexibility index (Phi) is 5.10. The Bertz CT molecular complexity index is 496. The molecule has 2 saturated heterocycles. The summed E-state index contributed by atoms with van der Waals surface area (Å²) in [6.07, 6.45) is 7.56. The smallest absolute Gasteiger partial charge is 0.223 e. The largest absolute Gasteiger partial charge is 0.381 e. The molecule has 0 aliphatic carbocycles. The number of carbonyl (C=O) groups excluding carboxylic acids is 1. The molecule has 0 bridgehead atoms. The van der Waals surface area contributed by atoms with E-state index in [9.17, 15) is 4.79 Å². The fourth-order valence-electron chi connectivity index (χ4n) is 3.44. The van der Waals surface area contributed by atoms with Crippen molar-refractivity contribution in [1.29, 1.82) is 0 Å². The van der Waals surface area contributed by atoms with Gasteiger partial charge in [0, 0.05) is 58.7 Å². The second-order valence-corrected chi connectivity index (χ2v) is 6.30. The molecule has 6 nitrogen and oxygen atoms in total. The molecule has 0 saturated carbocycles. The fourth-order valence-corrected chi connectivity index (χ4v) is 3.44. The van der Waals surface area contributed by atoms with E-state index in [1.165, 1.54) is 0 Å². The van der Waals surface area contributed by atoms with Gasteiger partial charge in [0.15, 0.2) is 0 Å². The molecule has 3 rings (SSSR count). The van der Waals surface area contributed by atoms with Crippen molar-refractivity contribution in [3.63, 3.8) is 0 Å². The highest BCUT2D eigenvalue weighted by atomic mass is 16.5. The fraction of sp³-hybridized carbons (Fsp3) is 0.750. The van der Waals surface area contributed by atoms with Gasteiger partial charge in [-0.1, -0.05) is 0 Å². The van der Waals surface area contributed by atoms with Crippen LogP contribution in [0.15, 0.2) is 12.4 Å². The van der Waals surface area contributed by atoms with Crippen LogP contribution in [0.25, 0.3) is 0 Å². The molecule has 0 spiro atoms. The van der Waals surface area contributed by atoms with Gasteiger partial charge in [-0.05, 0) is 25.2 Å². The van der Waals surface area contributed by atoms with E-state index < -0.39 is 0 Å². The first-order chi connectivity index (χ1) is 10.8. The van der Waals surface area contributed by atoms with Crippen LogP contribution in [-0.4, -0.2) is 53.2 Å². The summed E-state index contributed by atoms with van der Waals surface area (Å²) >= 11 is 0. The van der Waals surface area contributed by atoms with Gasteiger partial charge in [-0.15, -0.1) is 0 Å². The van der Waals surface area contributed by atoms with Crippen LogP contribution in [0.3, 0.4) is 0 Å². The molecule has 122 valence electrons. The zero-order valence-corrected chi connectivity index (χ0v) is 13.3.